The van der Waals surface area contributed by atoms with E-state index in [9.17, 15) is 4.79 Å². The number of benzene rings is 1. The van der Waals surface area contributed by atoms with Crippen LogP contribution in [0.25, 0.3) is 0 Å². The van der Waals surface area contributed by atoms with Crippen molar-refractivity contribution in [2.75, 3.05) is 17.2 Å². The van der Waals surface area contributed by atoms with Crippen LogP contribution < -0.4 is 10.6 Å². The van der Waals surface area contributed by atoms with Gasteiger partial charge in [-0.05, 0) is 50.3 Å². The van der Waals surface area contributed by atoms with E-state index in [1.807, 2.05) is 6.07 Å². The van der Waals surface area contributed by atoms with E-state index in [0.717, 1.165) is 13.0 Å². The molecule has 0 saturated heterocycles. The first-order valence-corrected chi connectivity index (χ1v) is 8.80. The van der Waals surface area contributed by atoms with Crippen molar-refractivity contribution in [2.24, 2.45) is 0 Å². The standard InChI is InChI=1S/C20H21N5O/c21-13-16-7-4-8-17(11-16)25-20(26)18-12-19(24-14-23-18)22-10-9-15-5-2-1-3-6-15/h4-5,7-8,11-12,14H,1-3,6,9-10H2,(H,25,26)(H,22,23,24). The first-order valence-electron chi connectivity index (χ1n) is 8.80. The molecule has 0 fully saturated rings. The molecule has 0 unspecified atom stereocenters. The lowest BCUT2D eigenvalue weighted by Gasteiger charge is -2.13. The number of nitrogens with zero attached hydrogens (tertiary/aromatic N) is 3. The van der Waals surface area contributed by atoms with Crippen molar-refractivity contribution in [3.8, 4) is 6.07 Å². The van der Waals surface area contributed by atoms with Crippen molar-refractivity contribution in [1.29, 1.82) is 5.26 Å². The molecule has 0 radical (unpaired) electrons. The molecule has 1 amide bonds. The van der Waals surface area contributed by atoms with Crippen LogP contribution in [0.2, 0.25) is 0 Å². The predicted molar refractivity (Wildman–Crippen MR) is 101 cm³/mol. The summed E-state index contributed by atoms with van der Waals surface area (Å²) in [7, 11) is 0. The number of nitriles is 1. The molecule has 1 aromatic carbocycles. The van der Waals surface area contributed by atoms with Crippen LogP contribution in [-0.4, -0.2) is 22.4 Å². The Hall–Kier alpha value is -3.20. The Balaban J connectivity index is 1.58. The maximum absolute atomic E-state index is 12.4. The molecule has 0 spiro atoms. The van der Waals surface area contributed by atoms with Gasteiger partial charge in [0.1, 0.15) is 17.8 Å². The lowest BCUT2D eigenvalue weighted by atomic mass is 9.97. The van der Waals surface area contributed by atoms with Gasteiger partial charge in [0.15, 0.2) is 0 Å². The molecule has 0 aliphatic heterocycles. The van der Waals surface area contributed by atoms with Gasteiger partial charge >= 0.3 is 0 Å². The number of aromatic nitrogens is 2. The largest absolute Gasteiger partial charge is 0.370 e. The number of allylic oxidation sites excluding steroid dienone is 1. The van der Waals surface area contributed by atoms with Crippen LogP contribution in [-0.2, 0) is 0 Å². The minimum atomic E-state index is -0.333. The molecule has 1 aliphatic carbocycles. The van der Waals surface area contributed by atoms with Gasteiger partial charge in [-0.1, -0.05) is 17.7 Å². The summed E-state index contributed by atoms with van der Waals surface area (Å²) in [5.74, 6) is 0.299. The molecular formula is C20H21N5O. The molecule has 6 heteroatoms. The fourth-order valence-corrected chi connectivity index (χ4v) is 2.92. The number of rotatable bonds is 6. The van der Waals surface area contributed by atoms with Gasteiger partial charge in [0.25, 0.3) is 5.91 Å². The van der Waals surface area contributed by atoms with Crippen molar-refractivity contribution in [3.63, 3.8) is 0 Å². The molecule has 26 heavy (non-hydrogen) atoms. The van der Waals surface area contributed by atoms with E-state index in [-0.39, 0.29) is 11.6 Å². The van der Waals surface area contributed by atoms with E-state index in [2.05, 4.69) is 26.7 Å². The van der Waals surface area contributed by atoms with Crippen molar-refractivity contribution < 1.29 is 4.79 Å². The Labute approximate surface area is 153 Å². The molecule has 1 aromatic heterocycles. The third-order valence-corrected chi connectivity index (χ3v) is 4.29. The number of carbonyl (C=O) groups is 1. The highest BCUT2D eigenvalue weighted by Crippen LogP contribution is 2.20. The summed E-state index contributed by atoms with van der Waals surface area (Å²) in [6.45, 7) is 0.786. The highest BCUT2D eigenvalue weighted by molar-refractivity contribution is 6.03. The molecule has 132 valence electrons. The summed E-state index contributed by atoms with van der Waals surface area (Å²) in [6, 6.07) is 10.4. The molecule has 3 rings (SSSR count). The molecule has 0 saturated carbocycles. The van der Waals surface area contributed by atoms with Gasteiger partial charge in [-0.15, -0.1) is 0 Å². The summed E-state index contributed by atoms with van der Waals surface area (Å²) >= 11 is 0. The van der Waals surface area contributed by atoms with Gasteiger partial charge in [-0.25, -0.2) is 9.97 Å². The summed E-state index contributed by atoms with van der Waals surface area (Å²) in [6.07, 6.45) is 9.63. The number of nitrogens with one attached hydrogen (secondary N) is 2. The Bertz CT molecular complexity index is 853. The lowest BCUT2D eigenvalue weighted by molar-refractivity contribution is 0.102. The van der Waals surface area contributed by atoms with Crippen LogP contribution in [0.5, 0.6) is 0 Å². The Morgan fingerprint density at radius 3 is 2.96 bits per heavy atom. The number of amides is 1. The summed E-state index contributed by atoms with van der Waals surface area (Å²) in [5, 5.41) is 14.9. The monoisotopic (exact) mass is 347 g/mol. The van der Waals surface area contributed by atoms with Crippen LogP contribution >= 0.6 is 0 Å². The van der Waals surface area contributed by atoms with Crippen LogP contribution in [0.4, 0.5) is 11.5 Å². The quantitative estimate of drug-likeness (QED) is 0.773. The number of anilines is 2. The zero-order chi connectivity index (χ0) is 18.2. The van der Waals surface area contributed by atoms with Crippen LogP contribution in [0, 0.1) is 11.3 Å². The topological polar surface area (TPSA) is 90.7 Å². The second-order valence-corrected chi connectivity index (χ2v) is 6.22. The van der Waals surface area contributed by atoms with E-state index in [4.69, 9.17) is 5.26 Å². The smallest absolute Gasteiger partial charge is 0.274 e. The second kappa shape index (κ2) is 8.77. The third kappa shape index (κ3) is 4.90. The van der Waals surface area contributed by atoms with Crippen molar-refractivity contribution in [1.82, 2.24) is 9.97 Å². The van der Waals surface area contributed by atoms with E-state index in [1.54, 1.807) is 30.3 Å². The first-order chi connectivity index (χ1) is 12.7. The van der Waals surface area contributed by atoms with Crippen molar-refractivity contribution in [3.05, 3.63) is 59.6 Å². The van der Waals surface area contributed by atoms with Gasteiger partial charge in [0.2, 0.25) is 0 Å². The van der Waals surface area contributed by atoms with Gasteiger partial charge < -0.3 is 10.6 Å². The summed E-state index contributed by atoms with van der Waals surface area (Å²) in [4.78, 5) is 20.6. The van der Waals surface area contributed by atoms with Crippen molar-refractivity contribution in [2.45, 2.75) is 32.1 Å². The zero-order valence-electron chi connectivity index (χ0n) is 14.5. The van der Waals surface area contributed by atoms with E-state index < -0.39 is 0 Å². The molecule has 0 bridgehead atoms. The average molecular weight is 347 g/mol. The van der Waals surface area contributed by atoms with E-state index >= 15 is 0 Å². The second-order valence-electron chi connectivity index (χ2n) is 6.22. The molecule has 1 heterocycles. The van der Waals surface area contributed by atoms with Gasteiger partial charge in [-0.2, -0.15) is 5.26 Å². The molecule has 6 nitrogen and oxygen atoms in total. The lowest BCUT2D eigenvalue weighted by Crippen LogP contribution is -2.15. The predicted octanol–water partition coefficient (Wildman–Crippen LogP) is 3.90. The fourth-order valence-electron chi connectivity index (χ4n) is 2.92. The molecule has 2 aromatic rings. The summed E-state index contributed by atoms with van der Waals surface area (Å²) < 4.78 is 0. The maximum Gasteiger partial charge on any atom is 0.274 e. The molecule has 2 N–H and O–H groups in total. The van der Waals surface area contributed by atoms with Crippen LogP contribution in [0.3, 0.4) is 0 Å². The van der Waals surface area contributed by atoms with Gasteiger partial charge in [0, 0.05) is 18.3 Å². The Morgan fingerprint density at radius 1 is 1.23 bits per heavy atom. The Kier molecular flexibility index (Phi) is 5.94. The summed E-state index contributed by atoms with van der Waals surface area (Å²) in [5.41, 5.74) is 2.83. The molecular weight excluding hydrogens is 326 g/mol. The minimum absolute atomic E-state index is 0.279. The number of hydrogen-bond donors (Lipinski definition) is 2. The normalized spacial score (nSPS) is 13.4. The SMILES string of the molecule is N#Cc1cccc(NC(=O)c2cc(NCCC3=CCCCC3)ncn2)c1. The number of hydrogen-bond acceptors (Lipinski definition) is 5. The highest BCUT2D eigenvalue weighted by atomic mass is 16.1. The van der Waals surface area contributed by atoms with Gasteiger partial charge in [0.05, 0.1) is 11.6 Å². The minimum Gasteiger partial charge on any atom is -0.370 e. The fraction of sp³-hybridized carbons (Fsp3) is 0.300. The highest BCUT2D eigenvalue weighted by Gasteiger charge is 2.10. The van der Waals surface area contributed by atoms with Crippen LogP contribution in [0.15, 0.2) is 48.3 Å². The first kappa shape index (κ1) is 17.6. The average Bonchev–Trinajstić information content (AvgIpc) is 2.69. The number of carbonyl (C=O) groups excluding carboxylic acids is 1. The zero-order valence-corrected chi connectivity index (χ0v) is 14.5. The maximum atomic E-state index is 12.4. The van der Waals surface area contributed by atoms with Gasteiger partial charge in [-0.3, -0.25) is 4.79 Å². The van der Waals surface area contributed by atoms with Crippen molar-refractivity contribution >= 4 is 17.4 Å². The van der Waals surface area contributed by atoms with E-state index in [1.165, 1.54) is 37.6 Å². The Morgan fingerprint density at radius 2 is 2.15 bits per heavy atom. The third-order valence-electron chi connectivity index (χ3n) is 4.29. The van der Waals surface area contributed by atoms with Crippen LogP contribution in [0.1, 0.15) is 48.2 Å². The molecule has 1 aliphatic rings. The van der Waals surface area contributed by atoms with E-state index in [0.29, 0.717) is 17.1 Å². The molecule has 0 atom stereocenters.